The van der Waals surface area contributed by atoms with Gasteiger partial charge >= 0.3 is 0 Å². The van der Waals surface area contributed by atoms with Gasteiger partial charge in [-0.25, -0.2) is 0 Å². The predicted molar refractivity (Wildman–Crippen MR) is 49.6 cm³/mol. The highest BCUT2D eigenvalue weighted by molar-refractivity contribution is 6.20. The van der Waals surface area contributed by atoms with Gasteiger partial charge in [-0.05, 0) is 37.8 Å². The van der Waals surface area contributed by atoms with Crippen molar-refractivity contribution in [3.8, 4) is 0 Å². The van der Waals surface area contributed by atoms with Gasteiger partial charge in [0.25, 0.3) is 0 Å². The van der Waals surface area contributed by atoms with Crippen LogP contribution in [0.2, 0.25) is 0 Å². The van der Waals surface area contributed by atoms with Crippen LogP contribution >= 0.6 is 11.6 Å². The molecule has 1 nitrogen and oxygen atoms in total. The molecule has 12 heavy (non-hydrogen) atoms. The average Bonchev–Trinajstić information content (AvgIpc) is 2.58. The minimum atomic E-state index is 0.399. The summed E-state index contributed by atoms with van der Waals surface area (Å²) in [5.74, 6) is 1.76. The number of alkyl halides is 1. The first-order valence-electron chi connectivity index (χ1n) is 4.54. The van der Waals surface area contributed by atoms with Gasteiger partial charge in [0.2, 0.25) is 0 Å². The van der Waals surface area contributed by atoms with Crippen LogP contribution < -0.4 is 0 Å². The van der Waals surface area contributed by atoms with E-state index in [0.717, 1.165) is 18.6 Å². The zero-order valence-corrected chi connectivity index (χ0v) is 7.76. The molecule has 1 saturated carbocycles. The summed E-state index contributed by atoms with van der Waals surface area (Å²) in [4.78, 5) is 0. The highest BCUT2D eigenvalue weighted by Gasteiger charge is 2.22. The highest BCUT2D eigenvalue weighted by atomic mass is 35.5. The van der Waals surface area contributed by atoms with Crippen LogP contribution in [-0.2, 0) is 0 Å². The molecule has 1 aromatic heterocycles. The Labute approximate surface area is 77.7 Å². The van der Waals surface area contributed by atoms with E-state index in [1.807, 2.05) is 6.07 Å². The number of rotatable bonds is 1. The summed E-state index contributed by atoms with van der Waals surface area (Å²) in [6.45, 7) is 0. The second-order valence-electron chi connectivity index (χ2n) is 3.46. The van der Waals surface area contributed by atoms with Crippen LogP contribution in [0.1, 0.15) is 37.4 Å². The Morgan fingerprint density at radius 1 is 1.25 bits per heavy atom. The van der Waals surface area contributed by atoms with Crippen molar-refractivity contribution in [1.29, 1.82) is 0 Å². The molecule has 2 rings (SSSR count). The molecule has 0 bridgehead atoms. The van der Waals surface area contributed by atoms with E-state index in [2.05, 4.69) is 6.07 Å². The summed E-state index contributed by atoms with van der Waals surface area (Å²) in [5.41, 5.74) is 0. The molecule has 0 saturated heterocycles. The summed E-state index contributed by atoms with van der Waals surface area (Å²) in [7, 11) is 0. The minimum absolute atomic E-state index is 0.399. The van der Waals surface area contributed by atoms with Crippen molar-refractivity contribution in [3.05, 3.63) is 24.2 Å². The van der Waals surface area contributed by atoms with Crippen molar-refractivity contribution in [2.24, 2.45) is 0 Å². The molecule has 0 radical (unpaired) electrons. The minimum Gasteiger partial charge on any atom is -0.469 e. The third-order valence-corrected chi connectivity index (χ3v) is 3.04. The molecule has 1 heterocycles. The lowest BCUT2D eigenvalue weighted by molar-refractivity contribution is 0.378. The Balaban J connectivity index is 1.99. The van der Waals surface area contributed by atoms with Gasteiger partial charge in [-0.1, -0.05) is 0 Å². The molecular weight excluding hydrogens is 172 g/mol. The highest BCUT2D eigenvalue weighted by Crippen LogP contribution is 2.34. The molecular formula is C10H13ClO. The van der Waals surface area contributed by atoms with Crippen molar-refractivity contribution in [3.63, 3.8) is 0 Å². The normalized spacial score (nSPS) is 30.4. The van der Waals surface area contributed by atoms with E-state index in [1.165, 1.54) is 12.8 Å². The number of hydrogen-bond acceptors (Lipinski definition) is 1. The van der Waals surface area contributed by atoms with Crippen LogP contribution in [0.25, 0.3) is 0 Å². The molecule has 66 valence electrons. The first-order chi connectivity index (χ1) is 5.86. The topological polar surface area (TPSA) is 13.1 Å². The lowest BCUT2D eigenvalue weighted by atomic mass is 9.87. The molecule has 0 aliphatic heterocycles. The van der Waals surface area contributed by atoms with E-state index >= 15 is 0 Å². The van der Waals surface area contributed by atoms with Crippen molar-refractivity contribution >= 4 is 11.6 Å². The number of halogens is 1. The van der Waals surface area contributed by atoms with Crippen molar-refractivity contribution in [2.45, 2.75) is 37.0 Å². The maximum Gasteiger partial charge on any atom is 0.106 e. The molecule has 0 unspecified atom stereocenters. The second-order valence-corrected chi connectivity index (χ2v) is 4.08. The van der Waals surface area contributed by atoms with Gasteiger partial charge < -0.3 is 4.42 Å². The van der Waals surface area contributed by atoms with Gasteiger partial charge in [0.1, 0.15) is 5.76 Å². The standard InChI is InChI=1S/C10H13ClO/c11-9-5-3-8(4-6-9)10-2-1-7-12-10/h1-2,7-9H,3-6H2. The summed E-state index contributed by atoms with van der Waals surface area (Å²) >= 11 is 6.01. The smallest absolute Gasteiger partial charge is 0.106 e. The van der Waals surface area contributed by atoms with E-state index in [0.29, 0.717) is 11.3 Å². The third-order valence-electron chi connectivity index (χ3n) is 2.60. The van der Waals surface area contributed by atoms with E-state index in [-0.39, 0.29) is 0 Å². The Morgan fingerprint density at radius 3 is 2.58 bits per heavy atom. The van der Waals surface area contributed by atoms with Crippen molar-refractivity contribution < 1.29 is 4.42 Å². The number of furan rings is 1. The monoisotopic (exact) mass is 184 g/mol. The molecule has 0 spiro atoms. The van der Waals surface area contributed by atoms with Crippen LogP contribution in [-0.4, -0.2) is 5.38 Å². The van der Waals surface area contributed by atoms with Gasteiger partial charge in [-0.2, -0.15) is 0 Å². The van der Waals surface area contributed by atoms with Crippen LogP contribution in [0.15, 0.2) is 22.8 Å². The lowest BCUT2D eigenvalue weighted by Crippen LogP contribution is -2.12. The SMILES string of the molecule is ClC1CCC(c2ccco2)CC1. The summed E-state index contributed by atoms with van der Waals surface area (Å²) < 4.78 is 5.37. The zero-order chi connectivity index (χ0) is 8.39. The fourth-order valence-corrected chi connectivity index (χ4v) is 2.11. The maximum atomic E-state index is 6.01. The first kappa shape index (κ1) is 8.18. The molecule has 0 atom stereocenters. The van der Waals surface area contributed by atoms with Gasteiger partial charge in [-0.15, -0.1) is 11.6 Å². The summed E-state index contributed by atoms with van der Waals surface area (Å²) in [5, 5.41) is 0.399. The van der Waals surface area contributed by atoms with E-state index in [4.69, 9.17) is 16.0 Å². The van der Waals surface area contributed by atoms with Gasteiger partial charge in [0.15, 0.2) is 0 Å². The van der Waals surface area contributed by atoms with Crippen LogP contribution in [0.5, 0.6) is 0 Å². The molecule has 1 aliphatic rings. The maximum absolute atomic E-state index is 6.01. The molecule has 1 fully saturated rings. The van der Waals surface area contributed by atoms with Gasteiger partial charge in [-0.3, -0.25) is 0 Å². The average molecular weight is 185 g/mol. The van der Waals surface area contributed by atoms with E-state index in [9.17, 15) is 0 Å². The number of hydrogen-bond donors (Lipinski definition) is 0. The fraction of sp³-hybridized carbons (Fsp3) is 0.600. The molecule has 0 aromatic carbocycles. The van der Waals surface area contributed by atoms with Crippen molar-refractivity contribution in [1.82, 2.24) is 0 Å². The van der Waals surface area contributed by atoms with Crippen molar-refractivity contribution in [2.75, 3.05) is 0 Å². The lowest BCUT2D eigenvalue weighted by Gasteiger charge is -2.22. The third kappa shape index (κ3) is 1.66. The second kappa shape index (κ2) is 3.53. The molecule has 2 heteroatoms. The predicted octanol–water partition coefficient (Wildman–Crippen LogP) is 3.54. The van der Waals surface area contributed by atoms with E-state index in [1.54, 1.807) is 6.26 Å². The van der Waals surface area contributed by atoms with Gasteiger partial charge in [0, 0.05) is 11.3 Å². The Kier molecular flexibility index (Phi) is 2.40. The first-order valence-corrected chi connectivity index (χ1v) is 4.97. The Hall–Kier alpha value is -0.430. The quantitative estimate of drug-likeness (QED) is 0.609. The van der Waals surface area contributed by atoms with Gasteiger partial charge in [0.05, 0.1) is 6.26 Å². The molecule has 0 amide bonds. The van der Waals surface area contributed by atoms with Crippen LogP contribution in [0.3, 0.4) is 0 Å². The zero-order valence-electron chi connectivity index (χ0n) is 7.00. The summed E-state index contributed by atoms with van der Waals surface area (Å²) in [6, 6.07) is 4.03. The molecule has 0 N–H and O–H groups in total. The largest absolute Gasteiger partial charge is 0.469 e. The fourth-order valence-electron chi connectivity index (χ4n) is 1.86. The van der Waals surface area contributed by atoms with E-state index < -0.39 is 0 Å². The molecule has 1 aliphatic carbocycles. The summed E-state index contributed by atoms with van der Waals surface area (Å²) in [6.07, 6.45) is 6.38. The van der Waals surface area contributed by atoms with Crippen LogP contribution in [0, 0.1) is 0 Å². The van der Waals surface area contributed by atoms with Crippen LogP contribution in [0.4, 0.5) is 0 Å². The molecule has 1 aromatic rings. The Bertz CT molecular complexity index is 222. The Morgan fingerprint density at radius 2 is 2.00 bits per heavy atom.